The molecular formula is C23H20ClO3P. The zero-order valence-electron chi connectivity index (χ0n) is 15.4. The van der Waals surface area contributed by atoms with Crippen molar-refractivity contribution in [1.29, 1.82) is 0 Å². The van der Waals surface area contributed by atoms with E-state index in [-0.39, 0.29) is 12.1 Å². The predicted molar refractivity (Wildman–Crippen MR) is 115 cm³/mol. The van der Waals surface area contributed by atoms with Crippen LogP contribution in [0, 0.1) is 0 Å². The monoisotopic (exact) mass is 410 g/mol. The second-order valence-corrected chi connectivity index (χ2v) is 9.06. The summed E-state index contributed by atoms with van der Waals surface area (Å²) >= 11 is 6.07. The number of ketones is 1. The Bertz CT molecular complexity index is 888. The van der Waals surface area contributed by atoms with Crippen molar-refractivity contribution in [3.05, 3.63) is 95.5 Å². The SMILES string of the molecule is COC(=O)C(=O)C[C@@H](c1ccc(Cl)cc1)P(c1ccccc1)c1ccccc1. The van der Waals surface area contributed by atoms with Crippen LogP contribution in [0.2, 0.25) is 5.02 Å². The molecule has 0 aliphatic heterocycles. The number of methoxy groups -OCH3 is 1. The van der Waals surface area contributed by atoms with E-state index in [1.807, 2.05) is 60.7 Å². The van der Waals surface area contributed by atoms with Crippen LogP contribution in [0.15, 0.2) is 84.9 Å². The van der Waals surface area contributed by atoms with Gasteiger partial charge in [-0.2, -0.15) is 0 Å². The highest BCUT2D eigenvalue weighted by molar-refractivity contribution is 7.73. The number of hydrogen-bond donors (Lipinski definition) is 0. The molecule has 0 saturated carbocycles. The molecule has 3 aromatic rings. The molecule has 3 rings (SSSR count). The van der Waals surface area contributed by atoms with E-state index >= 15 is 0 Å². The molecule has 5 heteroatoms. The van der Waals surface area contributed by atoms with E-state index in [9.17, 15) is 9.59 Å². The van der Waals surface area contributed by atoms with Crippen LogP contribution in [-0.2, 0) is 14.3 Å². The fourth-order valence-corrected chi connectivity index (χ4v) is 6.05. The number of rotatable bonds is 7. The maximum Gasteiger partial charge on any atom is 0.374 e. The molecule has 3 aromatic carbocycles. The number of Topliss-reactive ketones (excluding diaryl/α,β-unsaturated/α-hetero) is 1. The van der Waals surface area contributed by atoms with Gasteiger partial charge in [0.2, 0.25) is 5.78 Å². The van der Waals surface area contributed by atoms with E-state index in [1.165, 1.54) is 7.11 Å². The van der Waals surface area contributed by atoms with Gasteiger partial charge in [-0.05, 0) is 36.2 Å². The third-order valence-corrected chi connectivity index (χ3v) is 7.49. The van der Waals surface area contributed by atoms with Crippen molar-refractivity contribution in [2.75, 3.05) is 7.11 Å². The number of esters is 1. The van der Waals surface area contributed by atoms with Crippen molar-refractivity contribution in [2.45, 2.75) is 12.1 Å². The predicted octanol–water partition coefficient (Wildman–Crippen LogP) is 4.65. The summed E-state index contributed by atoms with van der Waals surface area (Å²) in [4.78, 5) is 24.3. The molecule has 1 atom stereocenters. The van der Waals surface area contributed by atoms with Crippen molar-refractivity contribution in [1.82, 2.24) is 0 Å². The van der Waals surface area contributed by atoms with Crippen LogP contribution in [0.5, 0.6) is 0 Å². The molecular weight excluding hydrogens is 391 g/mol. The van der Waals surface area contributed by atoms with Crippen LogP contribution in [-0.4, -0.2) is 18.9 Å². The fourth-order valence-electron chi connectivity index (χ4n) is 3.10. The number of hydrogen-bond acceptors (Lipinski definition) is 3. The van der Waals surface area contributed by atoms with Crippen LogP contribution in [0.25, 0.3) is 0 Å². The van der Waals surface area contributed by atoms with Gasteiger partial charge in [0.1, 0.15) is 0 Å². The average Bonchev–Trinajstić information content (AvgIpc) is 2.74. The number of carbonyl (C=O) groups is 2. The molecule has 0 aliphatic carbocycles. The third-order valence-electron chi connectivity index (χ3n) is 4.43. The van der Waals surface area contributed by atoms with Gasteiger partial charge in [-0.15, -0.1) is 0 Å². The summed E-state index contributed by atoms with van der Waals surface area (Å²) in [5.74, 6) is -1.34. The first kappa shape index (κ1) is 20.3. The highest BCUT2D eigenvalue weighted by Gasteiger charge is 2.30. The van der Waals surface area contributed by atoms with Gasteiger partial charge < -0.3 is 4.74 Å². The fraction of sp³-hybridized carbons (Fsp3) is 0.130. The summed E-state index contributed by atoms with van der Waals surface area (Å²) < 4.78 is 4.66. The van der Waals surface area contributed by atoms with Gasteiger partial charge in [0.25, 0.3) is 0 Å². The highest BCUT2D eigenvalue weighted by Crippen LogP contribution is 2.51. The molecule has 0 aromatic heterocycles. The lowest BCUT2D eigenvalue weighted by Gasteiger charge is -2.28. The first-order chi connectivity index (χ1) is 13.6. The molecule has 0 heterocycles. The van der Waals surface area contributed by atoms with Gasteiger partial charge in [-0.1, -0.05) is 84.4 Å². The first-order valence-electron chi connectivity index (χ1n) is 8.86. The third kappa shape index (κ3) is 4.86. The Morgan fingerprint density at radius 3 is 1.82 bits per heavy atom. The Morgan fingerprint density at radius 1 is 0.857 bits per heavy atom. The summed E-state index contributed by atoms with van der Waals surface area (Å²) in [6.45, 7) is 0. The summed E-state index contributed by atoms with van der Waals surface area (Å²) in [7, 11) is 0.297. The summed E-state index contributed by atoms with van der Waals surface area (Å²) in [6, 6.07) is 27.7. The van der Waals surface area contributed by atoms with Crippen LogP contribution < -0.4 is 10.6 Å². The maximum atomic E-state index is 12.5. The van der Waals surface area contributed by atoms with Crippen LogP contribution in [0.3, 0.4) is 0 Å². The van der Waals surface area contributed by atoms with E-state index in [2.05, 4.69) is 29.0 Å². The Hall–Kier alpha value is -2.48. The standard InChI is InChI=1S/C23H20ClO3P/c1-27-23(26)21(25)16-22(17-12-14-18(24)15-13-17)28(19-8-4-2-5-9-19)20-10-6-3-7-11-20/h2-15,22H,16H2,1H3/t22-/m0/s1. The second-order valence-electron chi connectivity index (χ2n) is 6.23. The highest BCUT2D eigenvalue weighted by atomic mass is 35.5. The minimum absolute atomic E-state index is 0.0732. The van der Waals surface area contributed by atoms with Crippen molar-refractivity contribution in [3.8, 4) is 0 Å². The Balaban J connectivity index is 2.11. The second kappa shape index (κ2) is 9.64. The molecule has 0 N–H and O–H groups in total. The van der Waals surface area contributed by atoms with Crippen molar-refractivity contribution < 1.29 is 14.3 Å². The molecule has 0 bridgehead atoms. The molecule has 0 spiro atoms. The zero-order valence-corrected chi connectivity index (χ0v) is 17.1. The molecule has 0 radical (unpaired) electrons. The number of ether oxygens (including phenoxy) is 1. The van der Waals surface area contributed by atoms with Crippen molar-refractivity contribution in [3.63, 3.8) is 0 Å². The van der Waals surface area contributed by atoms with E-state index in [0.717, 1.165) is 16.2 Å². The molecule has 0 amide bonds. The van der Waals surface area contributed by atoms with Gasteiger partial charge in [0.15, 0.2) is 0 Å². The number of halogens is 1. The zero-order chi connectivity index (χ0) is 19.9. The van der Waals surface area contributed by atoms with Crippen LogP contribution in [0.4, 0.5) is 0 Å². The van der Waals surface area contributed by atoms with Crippen LogP contribution in [0.1, 0.15) is 17.6 Å². The van der Waals surface area contributed by atoms with Crippen molar-refractivity contribution >= 4 is 41.9 Å². The minimum atomic E-state index is -0.934. The molecule has 28 heavy (non-hydrogen) atoms. The lowest BCUT2D eigenvalue weighted by atomic mass is 10.1. The van der Waals surface area contributed by atoms with Gasteiger partial charge in [0, 0.05) is 17.1 Å². The quantitative estimate of drug-likeness (QED) is 0.323. The summed E-state index contributed by atoms with van der Waals surface area (Å²) in [5, 5.41) is 2.91. The molecule has 0 aliphatic rings. The van der Waals surface area contributed by atoms with Gasteiger partial charge in [-0.3, -0.25) is 4.79 Å². The maximum absolute atomic E-state index is 12.5. The average molecular weight is 411 g/mol. The number of carbonyl (C=O) groups excluding carboxylic acids is 2. The summed E-state index contributed by atoms with van der Waals surface area (Å²) in [6.07, 6.45) is 0.0732. The van der Waals surface area contributed by atoms with Crippen molar-refractivity contribution in [2.24, 2.45) is 0 Å². The van der Waals surface area contributed by atoms with Gasteiger partial charge in [-0.25, -0.2) is 4.79 Å². The summed E-state index contributed by atoms with van der Waals surface area (Å²) in [5.41, 5.74) is 0.795. The number of benzene rings is 3. The topological polar surface area (TPSA) is 43.4 Å². The minimum Gasteiger partial charge on any atom is -0.463 e. The smallest absolute Gasteiger partial charge is 0.374 e. The molecule has 142 valence electrons. The molecule has 3 nitrogen and oxygen atoms in total. The van der Waals surface area contributed by atoms with Crippen LogP contribution >= 0.6 is 19.5 Å². The normalized spacial score (nSPS) is 11.8. The lowest BCUT2D eigenvalue weighted by molar-refractivity contribution is -0.151. The van der Waals surface area contributed by atoms with Gasteiger partial charge >= 0.3 is 5.97 Å². The van der Waals surface area contributed by atoms with E-state index in [0.29, 0.717) is 5.02 Å². The molecule has 0 saturated heterocycles. The molecule has 0 fully saturated rings. The van der Waals surface area contributed by atoms with E-state index in [1.54, 1.807) is 0 Å². The largest absolute Gasteiger partial charge is 0.463 e. The Labute approximate surface area is 171 Å². The Morgan fingerprint density at radius 2 is 1.36 bits per heavy atom. The first-order valence-corrected chi connectivity index (χ1v) is 10.6. The molecule has 0 unspecified atom stereocenters. The van der Waals surface area contributed by atoms with E-state index < -0.39 is 19.7 Å². The van der Waals surface area contributed by atoms with E-state index in [4.69, 9.17) is 11.6 Å². The lowest BCUT2D eigenvalue weighted by Crippen LogP contribution is -2.23. The Kier molecular flexibility index (Phi) is 6.97. The van der Waals surface area contributed by atoms with Gasteiger partial charge in [0.05, 0.1) is 7.11 Å².